The first-order valence-corrected chi connectivity index (χ1v) is 5.52. The van der Waals surface area contributed by atoms with Gasteiger partial charge in [-0.15, -0.1) is 0 Å². The smallest absolute Gasteiger partial charge is 0.224 e. The van der Waals surface area contributed by atoms with Gasteiger partial charge in [0.1, 0.15) is 5.76 Å². The summed E-state index contributed by atoms with van der Waals surface area (Å²) >= 11 is 0. The molecule has 1 aliphatic rings. The van der Waals surface area contributed by atoms with Crippen LogP contribution in [0.5, 0.6) is 0 Å². The summed E-state index contributed by atoms with van der Waals surface area (Å²) < 4.78 is 28.6. The normalized spacial score (nSPS) is 18.1. The van der Waals surface area contributed by atoms with E-state index in [4.69, 9.17) is 4.74 Å². The van der Waals surface area contributed by atoms with E-state index in [2.05, 4.69) is 4.98 Å². The Morgan fingerprint density at radius 2 is 2.14 bits per heavy atom. The lowest BCUT2D eigenvalue weighted by Gasteiger charge is -2.00. The van der Waals surface area contributed by atoms with Crippen LogP contribution in [-0.2, 0) is 14.6 Å². The van der Waals surface area contributed by atoms with E-state index < -0.39 is 9.84 Å². The van der Waals surface area contributed by atoms with E-state index in [0.717, 1.165) is 0 Å². The lowest BCUT2D eigenvalue weighted by Crippen LogP contribution is -1.99. The summed E-state index contributed by atoms with van der Waals surface area (Å²) in [5.74, 6) is 0.396. The van der Waals surface area contributed by atoms with Crippen molar-refractivity contribution in [1.29, 1.82) is 0 Å². The van der Waals surface area contributed by atoms with Crippen molar-refractivity contribution >= 4 is 15.6 Å². The van der Waals surface area contributed by atoms with Crippen molar-refractivity contribution in [3.63, 3.8) is 0 Å². The van der Waals surface area contributed by atoms with Crippen LogP contribution in [0.1, 0.15) is 12.5 Å². The SMILES string of the molecule is COC1=C(C)S(=O)(=O)c2ncccc21. The minimum atomic E-state index is -3.40. The van der Waals surface area contributed by atoms with E-state index >= 15 is 0 Å². The molecule has 0 radical (unpaired) electrons. The van der Waals surface area contributed by atoms with Crippen LogP contribution >= 0.6 is 0 Å². The van der Waals surface area contributed by atoms with Crippen molar-refractivity contribution in [2.75, 3.05) is 7.11 Å². The molecule has 1 aromatic heterocycles. The number of hydrogen-bond acceptors (Lipinski definition) is 4. The fourth-order valence-electron chi connectivity index (χ4n) is 1.49. The van der Waals surface area contributed by atoms with Crippen LogP contribution in [0.4, 0.5) is 0 Å². The zero-order valence-electron chi connectivity index (χ0n) is 7.81. The molecule has 0 saturated heterocycles. The number of allylic oxidation sites excluding steroid dienone is 1. The van der Waals surface area contributed by atoms with E-state index in [1.54, 1.807) is 12.1 Å². The average molecular weight is 211 g/mol. The molecule has 5 heteroatoms. The molecule has 0 amide bonds. The van der Waals surface area contributed by atoms with Crippen LogP contribution in [0.15, 0.2) is 28.3 Å². The Labute approximate surface area is 82.2 Å². The predicted molar refractivity (Wildman–Crippen MR) is 51.0 cm³/mol. The molecule has 2 heterocycles. The summed E-state index contributed by atoms with van der Waals surface area (Å²) in [4.78, 5) is 4.08. The minimum absolute atomic E-state index is 0.0920. The summed E-state index contributed by atoms with van der Waals surface area (Å²) in [6.07, 6.45) is 1.46. The molecule has 0 saturated carbocycles. The molecule has 1 aliphatic heterocycles. The molecule has 0 bridgehead atoms. The third-order valence-corrected chi connectivity index (χ3v) is 4.02. The second-order valence-electron chi connectivity index (χ2n) is 2.95. The van der Waals surface area contributed by atoms with Gasteiger partial charge >= 0.3 is 0 Å². The molecular weight excluding hydrogens is 202 g/mol. The van der Waals surface area contributed by atoms with Gasteiger partial charge < -0.3 is 4.74 Å². The first-order valence-electron chi connectivity index (χ1n) is 4.04. The molecule has 1 aromatic rings. The van der Waals surface area contributed by atoms with E-state index in [-0.39, 0.29) is 9.93 Å². The Morgan fingerprint density at radius 3 is 2.79 bits per heavy atom. The Morgan fingerprint density at radius 1 is 1.43 bits per heavy atom. The second-order valence-corrected chi connectivity index (χ2v) is 4.95. The highest BCUT2D eigenvalue weighted by atomic mass is 32.2. The first kappa shape index (κ1) is 9.21. The summed E-state index contributed by atoms with van der Waals surface area (Å²) in [6, 6.07) is 3.38. The van der Waals surface area contributed by atoms with Gasteiger partial charge in [0, 0.05) is 6.20 Å². The molecule has 0 atom stereocenters. The van der Waals surface area contributed by atoms with Crippen LogP contribution in [0.2, 0.25) is 0 Å². The molecule has 0 fully saturated rings. The van der Waals surface area contributed by atoms with Crippen LogP contribution in [-0.4, -0.2) is 20.5 Å². The number of sulfone groups is 1. The zero-order valence-corrected chi connectivity index (χ0v) is 8.63. The molecule has 2 rings (SSSR count). The van der Waals surface area contributed by atoms with Gasteiger partial charge in [-0.25, -0.2) is 13.4 Å². The highest BCUT2D eigenvalue weighted by Gasteiger charge is 2.34. The molecule has 0 N–H and O–H groups in total. The van der Waals surface area contributed by atoms with Crippen molar-refractivity contribution in [3.8, 4) is 0 Å². The van der Waals surface area contributed by atoms with Crippen molar-refractivity contribution in [1.82, 2.24) is 4.98 Å². The van der Waals surface area contributed by atoms with E-state index in [1.165, 1.54) is 20.2 Å². The number of nitrogens with zero attached hydrogens (tertiary/aromatic N) is 1. The van der Waals surface area contributed by atoms with Gasteiger partial charge in [0.05, 0.1) is 17.6 Å². The Balaban J connectivity index is 2.83. The Bertz CT molecular complexity index is 517. The van der Waals surface area contributed by atoms with Crippen molar-refractivity contribution in [3.05, 3.63) is 28.8 Å². The molecule has 0 unspecified atom stereocenters. The highest BCUT2D eigenvalue weighted by Crippen LogP contribution is 2.37. The zero-order chi connectivity index (χ0) is 10.3. The van der Waals surface area contributed by atoms with Gasteiger partial charge in [0.25, 0.3) is 0 Å². The molecule has 0 aromatic carbocycles. The summed E-state index contributed by atoms with van der Waals surface area (Å²) in [7, 11) is -1.95. The quantitative estimate of drug-likeness (QED) is 0.700. The van der Waals surface area contributed by atoms with Crippen LogP contribution < -0.4 is 0 Å². The predicted octanol–water partition coefficient (Wildman–Crippen LogP) is 1.20. The number of ether oxygens (including phenoxy) is 1. The van der Waals surface area contributed by atoms with Gasteiger partial charge in [-0.3, -0.25) is 0 Å². The molecule has 14 heavy (non-hydrogen) atoms. The van der Waals surface area contributed by atoms with Crippen LogP contribution in [0.3, 0.4) is 0 Å². The Kier molecular flexibility index (Phi) is 1.85. The van der Waals surface area contributed by atoms with Gasteiger partial charge in [-0.05, 0) is 19.1 Å². The topological polar surface area (TPSA) is 56.3 Å². The van der Waals surface area contributed by atoms with Crippen molar-refractivity contribution in [2.24, 2.45) is 0 Å². The molecule has 74 valence electrons. The fraction of sp³-hybridized carbons (Fsp3) is 0.222. The van der Waals surface area contributed by atoms with Crippen molar-refractivity contribution < 1.29 is 13.2 Å². The summed E-state index contributed by atoms with van der Waals surface area (Å²) in [6.45, 7) is 1.52. The standard InChI is InChI=1S/C9H9NO3S/c1-6-8(13-2)7-4-3-5-10-9(7)14(6,11)12/h3-5H,1-2H3. The third-order valence-electron chi connectivity index (χ3n) is 2.20. The summed E-state index contributed by atoms with van der Waals surface area (Å²) in [5.41, 5.74) is 0.549. The lowest BCUT2D eigenvalue weighted by molar-refractivity contribution is 0.368. The van der Waals surface area contributed by atoms with Gasteiger partial charge in [-0.1, -0.05) is 0 Å². The lowest BCUT2D eigenvalue weighted by atomic mass is 10.2. The average Bonchev–Trinajstić information content (AvgIpc) is 2.37. The maximum atomic E-state index is 11.8. The number of methoxy groups -OCH3 is 1. The number of fused-ring (bicyclic) bond motifs is 1. The fourth-order valence-corrected chi connectivity index (χ4v) is 2.87. The minimum Gasteiger partial charge on any atom is -0.495 e. The van der Waals surface area contributed by atoms with Gasteiger partial charge in [-0.2, -0.15) is 0 Å². The highest BCUT2D eigenvalue weighted by molar-refractivity contribution is 7.95. The monoisotopic (exact) mass is 211 g/mol. The Hall–Kier alpha value is -1.36. The number of aromatic nitrogens is 1. The third kappa shape index (κ3) is 0.988. The summed E-state index contributed by atoms with van der Waals surface area (Å²) in [5, 5.41) is 0.0920. The van der Waals surface area contributed by atoms with Crippen LogP contribution in [0, 0.1) is 0 Å². The molecule has 4 nitrogen and oxygen atoms in total. The maximum absolute atomic E-state index is 11.8. The number of rotatable bonds is 1. The second kappa shape index (κ2) is 2.81. The van der Waals surface area contributed by atoms with E-state index in [1.807, 2.05) is 0 Å². The van der Waals surface area contributed by atoms with E-state index in [9.17, 15) is 8.42 Å². The van der Waals surface area contributed by atoms with Crippen molar-refractivity contribution in [2.45, 2.75) is 11.9 Å². The first-order chi connectivity index (χ1) is 6.59. The molecular formula is C9H9NO3S. The number of pyridine rings is 1. The van der Waals surface area contributed by atoms with Crippen LogP contribution in [0.25, 0.3) is 5.76 Å². The van der Waals surface area contributed by atoms with Gasteiger partial charge in [0.2, 0.25) is 9.84 Å². The molecule has 0 aliphatic carbocycles. The number of hydrogen-bond donors (Lipinski definition) is 0. The molecule has 0 spiro atoms. The van der Waals surface area contributed by atoms with E-state index in [0.29, 0.717) is 11.3 Å². The van der Waals surface area contributed by atoms with Gasteiger partial charge in [0.15, 0.2) is 5.03 Å². The largest absolute Gasteiger partial charge is 0.495 e. The maximum Gasteiger partial charge on any atom is 0.224 e.